The molecule has 3 heterocycles. The lowest BCUT2D eigenvalue weighted by molar-refractivity contribution is -0.192. The van der Waals surface area contributed by atoms with Crippen molar-refractivity contribution in [2.24, 2.45) is 0 Å². The van der Waals surface area contributed by atoms with Gasteiger partial charge in [-0.3, -0.25) is 9.69 Å². The number of nitrogens with zero attached hydrogens (tertiary/aromatic N) is 5. The van der Waals surface area contributed by atoms with E-state index in [1.807, 2.05) is 9.58 Å². The molecule has 1 aromatic heterocycles. The van der Waals surface area contributed by atoms with Gasteiger partial charge in [0.05, 0.1) is 18.7 Å². The van der Waals surface area contributed by atoms with Crippen LogP contribution in [0.4, 0.5) is 13.2 Å². The standard InChI is InChI=1S/C21H29N5O.C2HF3O2/c1-17-6-8-18(9-7-17)14-21(27)25-12-5-13-26-20(16-25)19(22-23-26)15-24-10-3-2-4-11-24;3-2(4,5)1(6)7/h6-9H,2-5,10-16H2,1H3;(H,6,7). The van der Waals surface area contributed by atoms with Crippen LogP contribution in [0.15, 0.2) is 24.3 Å². The highest BCUT2D eigenvalue weighted by Crippen LogP contribution is 2.19. The Bertz CT molecular complexity index is 969. The van der Waals surface area contributed by atoms with Gasteiger partial charge in [-0.2, -0.15) is 13.2 Å². The minimum absolute atomic E-state index is 0.192. The van der Waals surface area contributed by atoms with Crippen LogP contribution in [0.1, 0.15) is 48.2 Å². The van der Waals surface area contributed by atoms with E-state index in [-0.39, 0.29) is 5.91 Å². The first-order valence-electron chi connectivity index (χ1n) is 11.4. The average molecular weight is 482 g/mol. The number of hydrogen-bond donors (Lipinski definition) is 1. The topological polar surface area (TPSA) is 91.6 Å². The molecule has 0 aliphatic carbocycles. The maximum Gasteiger partial charge on any atom is 0.490 e. The highest BCUT2D eigenvalue weighted by molar-refractivity contribution is 5.78. The molecule has 1 N–H and O–H groups in total. The molecule has 1 saturated heterocycles. The maximum absolute atomic E-state index is 12.9. The quantitative estimate of drug-likeness (QED) is 0.721. The Labute approximate surface area is 196 Å². The monoisotopic (exact) mass is 481 g/mol. The zero-order chi connectivity index (χ0) is 24.7. The molecule has 34 heavy (non-hydrogen) atoms. The zero-order valence-corrected chi connectivity index (χ0v) is 19.2. The van der Waals surface area contributed by atoms with Crippen LogP contribution < -0.4 is 0 Å². The second kappa shape index (κ2) is 11.5. The maximum atomic E-state index is 12.9. The number of carbonyl (C=O) groups excluding carboxylic acids is 1. The van der Waals surface area contributed by atoms with Crippen LogP contribution in [-0.2, 0) is 35.6 Å². The third-order valence-electron chi connectivity index (χ3n) is 5.95. The molecule has 11 heteroatoms. The lowest BCUT2D eigenvalue weighted by Gasteiger charge is -2.26. The molecular formula is C23H30F3N5O3. The molecule has 1 aromatic carbocycles. The summed E-state index contributed by atoms with van der Waals surface area (Å²) in [6.45, 7) is 7.47. The van der Waals surface area contributed by atoms with Gasteiger partial charge in [0.2, 0.25) is 5.91 Å². The fourth-order valence-corrected chi connectivity index (χ4v) is 4.05. The zero-order valence-electron chi connectivity index (χ0n) is 19.2. The second-order valence-corrected chi connectivity index (χ2v) is 8.68. The Morgan fingerprint density at radius 3 is 2.26 bits per heavy atom. The third-order valence-corrected chi connectivity index (χ3v) is 5.95. The van der Waals surface area contributed by atoms with Crippen molar-refractivity contribution in [2.75, 3.05) is 19.6 Å². The summed E-state index contributed by atoms with van der Waals surface area (Å²) >= 11 is 0. The van der Waals surface area contributed by atoms with Crippen LogP contribution >= 0.6 is 0 Å². The number of amides is 1. The summed E-state index contributed by atoms with van der Waals surface area (Å²) in [7, 11) is 0. The van der Waals surface area contributed by atoms with Gasteiger partial charge in [-0.25, -0.2) is 9.48 Å². The molecule has 2 aliphatic heterocycles. The number of carboxylic acids is 1. The number of likely N-dealkylation sites (tertiary alicyclic amines) is 1. The number of aryl methyl sites for hydroxylation is 2. The van der Waals surface area contributed by atoms with E-state index in [2.05, 4.69) is 46.4 Å². The first-order chi connectivity index (χ1) is 16.1. The van der Waals surface area contributed by atoms with E-state index in [1.54, 1.807) is 0 Å². The molecule has 0 unspecified atom stereocenters. The Morgan fingerprint density at radius 1 is 1.00 bits per heavy atom. The third kappa shape index (κ3) is 7.28. The number of halogens is 3. The van der Waals surface area contributed by atoms with Gasteiger partial charge in [0.1, 0.15) is 5.69 Å². The molecule has 2 aromatic rings. The molecule has 0 spiro atoms. The van der Waals surface area contributed by atoms with Crippen molar-refractivity contribution in [1.82, 2.24) is 24.8 Å². The summed E-state index contributed by atoms with van der Waals surface area (Å²) in [6.07, 6.45) is 0.176. The van der Waals surface area contributed by atoms with Crippen LogP contribution in [-0.4, -0.2) is 67.6 Å². The second-order valence-electron chi connectivity index (χ2n) is 8.68. The Balaban J connectivity index is 0.000000406. The van der Waals surface area contributed by atoms with Crippen molar-refractivity contribution in [3.63, 3.8) is 0 Å². The Morgan fingerprint density at radius 2 is 1.65 bits per heavy atom. The van der Waals surface area contributed by atoms with Crippen LogP contribution in [0, 0.1) is 6.92 Å². The number of alkyl halides is 3. The van der Waals surface area contributed by atoms with Gasteiger partial charge in [0, 0.05) is 19.6 Å². The molecule has 0 saturated carbocycles. The van der Waals surface area contributed by atoms with E-state index in [0.717, 1.165) is 56.1 Å². The SMILES string of the molecule is Cc1ccc(CC(=O)N2CCCn3nnc(CN4CCCCC4)c3C2)cc1.O=C(O)C(F)(F)F. The Kier molecular flexibility index (Phi) is 8.65. The number of carbonyl (C=O) groups is 2. The summed E-state index contributed by atoms with van der Waals surface area (Å²) < 4.78 is 33.7. The van der Waals surface area contributed by atoms with Gasteiger partial charge in [0.15, 0.2) is 0 Å². The average Bonchev–Trinajstić information content (AvgIpc) is 3.02. The van der Waals surface area contributed by atoms with Gasteiger partial charge >= 0.3 is 12.1 Å². The first-order valence-corrected chi connectivity index (χ1v) is 11.4. The molecular weight excluding hydrogens is 451 g/mol. The molecule has 186 valence electrons. The van der Waals surface area contributed by atoms with Crippen molar-refractivity contribution < 1.29 is 27.9 Å². The lowest BCUT2D eigenvalue weighted by Crippen LogP contribution is -2.33. The van der Waals surface area contributed by atoms with E-state index >= 15 is 0 Å². The summed E-state index contributed by atoms with van der Waals surface area (Å²) in [5, 5.41) is 16.0. The lowest BCUT2D eigenvalue weighted by atomic mass is 10.1. The van der Waals surface area contributed by atoms with Gasteiger partial charge in [-0.15, -0.1) is 5.10 Å². The number of carboxylic acid groups (broad SMARTS) is 1. The van der Waals surface area contributed by atoms with Gasteiger partial charge in [-0.1, -0.05) is 41.5 Å². The van der Waals surface area contributed by atoms with Crippen molar-refractivity contribution in [2.45, 2.75) is 64.8 Å². The number of fused-ring (bicyclic) bond motifs is 1. The molecule has 4 rings (SSSR count). The van der Waals surface area contributed by atoms with Gasteiger partial charge < -0.3 is 10.0 Å². The summed E-state index contributed by atoms with van der Waals surface area (Å²) in [6, 6.07) is 8.25. The molecule has 0 bridgehead atoms. The minimum Gasteiger partial charge on any atom is -0.475 e. The Hall–Kier alpha value is -2.95. The number of rotatable bonds is 4. The summed E-state index contributed by atoms with van der Waals surface area (Å²) in [5.41, 5.74) is 4.47. The summed E-state index contributed by atoms with van der Waals surface area (Å²) in [5.74, 6) is -2.56. The van der Waals surface area contributed by atoms with E-state index in [1.165, 1.54) is 24.8 Å². The normalized spacial score (nSPS) is 16.8. The molecule has 2 aliphatic rings. The number of piperidine rings is 1. The van der Waals surface area contributed by atoms with Crippen LogP contribution in [0.2, 0.25) is 0 Å². The predicted octanol–water partition coefficient (Wildman–Crippen LogP) is 3.18. The van der Waals surface area contributed by atoms with E-state index < -0.39 is 12.1 Å². The molecule has 1 amide bonds. The van der Waals surface area contributed by atoms with Crippen molar-refractivity contribution in [3.05, 3.63) is 46.8 Å². The van der Waals surface area contributed by atoms with Crippen molar-refractivity contribution in [3.8, 4) is 0 Å². The predicted molar refractivity (Wildman–Crippen MR) is 118 cm³/mol. The molecule has 8 nitrogen and oxygen atoms in total. The molecule has 0 radical (unpaired) electrons. The number of benzene rings is 1. The van der Waals surface area contributed by atoms with E-state index in [0.29, 0.717) is 13.0 Å². The first kappa shape index (κ1) is 25.7. The van der Waals surface area contributed by atoms with Crippen LogP contribution in [0.5, 0.6) is 0 Å². The van der Waals surface area contributed by atoms with Crippen molar-refractivity contribution in [1.29, 1.82) is 0 Å². The number of aromatic nitrogens is 3. The highest BCUT2D eigenvalue weighted by atomic mass is 19.4. The smallest absolute Gasteiger partial charge is 0.475 e. The van der Waals surface area contributed by atoms with Gasteiger partial charge in [-0.05, 0) is 44.8 Å². The molecule has 1 fully saturated rings. The van der Waals surface area contributed by atoms with Crippen LogP contribution in [0.3, 0.4) is 0 Å². The molecule has 0 atom stereocenters. The largest absolute Gasteiger partial charge is 0.490 e. The highest BCUT2D eigenvalue weighted by Gasteiger charge is 2.38. The van der Waals surface area contributed by atoms with E-state index in [4.69, 9.17) is 9.90 Å². The van der Waals surface area contributed by atoms with Crippen LogP contribution in [0.25, 0.3) is 0 Å². The minimum atomic E-state index is -5.08. The number of aliphatic carboxylic acids is 1. The van der Waals surface area contributed by atoms with E-state index in [9.17, 15) is 18.0 Å². The fourth-order valence-electron chi connectivity index (χ4n) is 4.05. The number of hydrogen-bond acceptors (Lipinski definition) is 5. The van der Waals surface area contributed by atoms with Crippen molar-refractivity contribution >= 4 is 11.9 Å². The fraction of sp³-hybridized carbons (Fsp3) is 0.565. The summed E-state index contributed by atoms with van der Waals surface area (Å²) in [4.78, 5) is 26.3. The van der Waals surface area contributed by atoms with Gasteiger partial charge in [0.25, 0.3) is 0 Å².